The molecule has 2 aliphatic rings. The Balaban J connectivity index is 1.54. The van der Waals surface area contributed by atoms with Crippen molar-refractivity contribution in [3.8, 4) is 5.75 Å². The van der Waals surface area contributed by atoms with E-state index in [1.165, 1.54) is 0 Å². The molecule has 4 rings (SSSR count). The lowest BCUT2D eigenvalue weighted by molar-refractivity contribution is -0.150. The van der Waals surface area contributed by atoms with Gasteiger partial charge in [-0.05, 0) is 62.6 Å². The van der Waals surface area contributed by atoms with E-state index in [1.807, 2.05) is 55.1 Å². The molecule has 2 heterocycles. The number of piperazine rings is 2. The van der Waals surface area contributed by atoms with Gasteiger partial charge in [-0.25, -0.2) is 0 Å². The summed E-state index contributed by atoms with van der Waals surface area (Å²) in [5.74, 6) is 0.0608. The molecule has 2 saturated heterocycles. The highest BCUT2D eigenvalue weighted by molar-refractivity contribution is 5.94. The molecule has 0 bridgehead atoms. The first-order valence-electron chi connectivity index (χ1n) is 13.9. The summed E-state index contributed by atoms with van der Waals surface area (Å²) in [7, 11) is 0. The van der Waals surface area contributed by atoms with Crippen LogP contribution in [0, 0.1) is 0 Å². The topological polar surface area (TPSA) is 85.3 Å². The molecule has 2 aliphatic heterocycles. The standard InChI is InChI=1S/C30H42N4O4/c1-5-27(30(37)38-6-2)32-13-15-33(16-14-32)29(36)25-11-7-9-23(17-25)28(24-10-8-12-26(35)18-24)34-20-21(3)31-19-22(34)4/h7-12,17-18,21-22,27-28,31,35H,5-6,13-16,19-20H2,1-4H3/t21-,22+,27?,28-/m1/s1. The molecular formula is C30H42N4O4. The largest absolute Gasteiger partial charge is 0.508 e. The van der Waals surface area contributed by atoms with E-state index < -0.39 is 0 Å². The van der Waals surface area contributed by atoms with Gasteiger partial charge in [0.1, 0.15) is 11.8 Å². The van der Waals surface area contributed by atoms with E-state index in [4.69, 9.17) is 4.74 Å². The van der Waals surface area contributed by atoms with Crippen LogP contribution in [0.1, 0.15) is 61.6 Å². The maximum Gasteiger partial charge on any atom is 0.323 e. The van der Waals surface area contributed by atoms with Crippen molar-refractivity contribution in [2.75, 3.05) is 45.9 Å². The highest BCUT2D eigenvalue weighted by Gasteiger charge is 2.33. The number of esters is 1. The number of benzene rings is 2. The Bertz CT molecular complexity index is 1100. The molecule has 38 heavy (non-hydrogen) atoms. The van der Waals surface area contributed by atoms with Crippen LogP contribution in [0.4, 0.5) is 0 Å². The summed E-state index contributed by atoms with van der Waals surface area (Å²) < 4.78 is 5.25. The summed E-state index contributed by atoms with van der Waals surface area (Å²) in [6.45, 7) is 12.8. The van der Waals surface area contributed by atoms with E-state index in [2.05, 4.69) is 35.0 Å². The van der Waals surface area contributed by atoms with Crippen molar-refractivity contribution in [2.45, 2.75) is 58.3 Å². The van der Waals surface area contributed by atoms with Gasteiger partial charge in [-0.1, -0.05) is 31.2 Å². The van der Waals surface area contributed by atoms with Crippen LogP contribution < -0.4 is 5.32 Å². The molecule has 8 heteroatoms. The van der Waals surface area contributed by atoms with E-state index in [0.717, 1.165) is 24.2 Å². The monoisotopic (exact) mass is 522 g/mol. The van der Waals surface area contributed by atoms with Crippen molar-refractivity contribution < 1.29 is 19.4 Å². The number of carbonyl (C=O) groups excluding carboxylic acids is 2. The summed E-state index contributed by atoms with van der Waals surface area (Å²) in [6.07, 6.45) is 0.689. The second-order valence-electron chi connectivity index (χ2n) is 10.5. The van der Waals surface area contributed by atoms with E-state index >= 15 is 0 Å². The first-order valence-corrected chi connectivity index (χ1v) is 13.9. The Labute approximate surface area is 226 Å². The molecule has 0 spiro atoms. The molecule has 2 N–H and O–H groups in total. The molecule has 0 aliphatic carbocycles. The molecular weight excluding hydrogens is 480 g/mol. The van der Waals surface area contributed by atoms with Crippen LogP contribution in [0.15, 0.2) is 48.5 Å². The summed E-state index contributed by atoms with van der Waals surface area (Å²) in [5.41, 5.74) is 2.71. The van der Waals surface area contributed by atoms with Gasteiger partial charge >= 0.3 is 5.97 Å². The molecule has 0 saturated carbocycles. The van der Waals surface area contributed by atoms with Gasteiger partial charge in [0, 0.05) is 56.9 Å². The number of hydrogen-bond donors (Lipinski definition) is 2. The van der Waals surface area contributed by atoms with Gasteiger partial charge in [-0.15, -0.1) is 0 Å². The maximum atomic E-state index is 13.6. The van der Waals surface area contributed by atoms with Crippen molar-refractivity contribution in [3.63, 3.8) is 0 Å². The molecule has 4 atom stereocenters. The zero-order valence-corrected chi connectivity index (χ0v) is 23.1. The van der Waals surface area contributed by atoms with Crippen LogP contribution >= 0.6 is 0 Å². The number of ether oxygens (including phenoxy) is 1. The van der Waals surface area contributed by atoms with Crippen molar-refractivity contribution in [1.82, 2.24) is 20.0 Å². The smallest absolute Gasteiger partial charge is 0.323 e. The number of phenolic OH excluding ortho intramolecular Hbond substituents is 1. The minimum absolute atomic E-state index is 0.00655. The second-order valence-corrected chi connectivity index (χ2v) is 10.5. The lowest BCUT2D eigenvalue weighted by Gasteiger charge is -2.43. The van der Waals surface area contributed by atoms with Crippen LogP contribution in [-0.2, 0) is 9.53 Å². The van der Waals surface area contributed by atoms with E-state index in [0.29, 0.717) is 50.8 Å². The van der Waals surface area contributed by atoms with Gasteiger partial charge in [0.2, 0.25) is 0 Å². The molecule has 1 amide bonds. The molecule has 0 aromatic heterocycles. The maximum absolute atomic E-state index is 13.6. The minimum Gasteiger partial charge on any atom is -0.508 e. The predicted octanol–water partition coefficient (Wildman–Crippen LogP) is 3.26. The molecule has 8 nitrogen and oxygen atoms in total. The number of rotatable bonds is 8. The van der Waals surface area contributed by atoms with Crippen LogP contribution in [0.25, 0.3) is 0 Å². The SMILES string of the molecule is CCOC(=O)C(CC)N1CCN(C(=O)c2cccc([C@H](c3cccc(O)c3)N3C[C@@H](C)NC[C@@H]3C)c2)CC1. The van der Waals surface area contributed by atoms with Gasteiger partial charge in [0.15, 0.2) is 0 Å². The lowest BCUT2D eigenvalue weighted by atomic mass is 9.92. The number of carbonyl (C=O) groups is 2. The average molecular weight is 523 g/mol. The number of phenols is 1. The summed E-state index contributed by atoms with van der Waals surface area (Å²) in [5, 5.41) is 13.8. The lowest BCUT2D eigenvalue weighted by Crippen LogP contribution is -2.55. The van der Waals surface area contributed by atoms with Crippen LogP contribution in [0.2, 0.25) is 0 Å². The molecule has 2 aromatic carbocycles. The zero-order chi connectivity index (χ0) is 27.2. The first kappa shape index (κ1) is 28.1. The Kier molecular flexibility index (Phi) is 9.41. The van der Waals surface area contributed by atoms with E-state index in [1.54, 1.807) is 6.07 Å². The van der Waals surface area contributed by atoms with Gasteiger partial charge in [-0.3, -0.25) is 19.4 Å². The third-order valence-corrected chi connectivity index (χ3v) is 7.77. The molecule has 206 valence electrons. The summed E-state index contributed by atoms with van der Waals surface area (Å²) in [6, 6.07) is 15.7. The van der Waals surface area contributed by atoms with Crippen LogP contribution in [0.3, 0.4) is 0 Å². The highest BCUT2D eigenvalue weighted by Crippen LogP contribution is 2.34. The normalized spacial score (nSPS) is 22.6. The van der Waals surface area contributed by atoms with Crippen LogP contribution in [-0.4, -0.2) is 95.7 Å². The van der Waals surface area contributed by atoms with Gasteiger partial charge < -0.3 is 20.1 Å². The Hall–Kier alpha value is -2.94. The quantitative estimate of drug-likeness (QED) is 0.515. The number of amides is 1. The minimum atomic E-state index is -0.262. The van der Waals surface area contributed by atoms with E-state index in [9.17, 15) is 14.7 Å². The van der Waals surface area contributed by atoms with Crippen LogP contribution in [0.5, 0.6) is 5.75 Å². The van der Waals surface area contributed by atoms with Gasteiger partial charge in [0.25, 0.3) is 5.91 Å². The molecule has 2 aromatic rings. The fourth-order valence-electron chi connectivity index (χ4n) is 5.75. The zero-order valence-electron chi connectivity index (χ0n) is 23.1. The third kappa shape index (κ3) is 6.37. The number of aromatic hydroxyl groups is 1. The third-order valence-electron chi connectivity index (χ3n) is 7.77. The summed E-state index contributed by atoms with van der Waals surface area (Å²) in [4.78, 5) is 32.4. The molecule has 0 radical (unpaired) electrons. The Morgan fingerprint density at radius 2 is 1.71 bits per heavy atom. The Morgan fingerprint density at radius 3 is 2.37 bits per heavy atom. The average Bonchev–Trinajstić information content (AvgIpc) is 2.92. The number of hydrogen-bond acceptors (Lipinski definition) is 7. The van der Waals surface area contributed by atoms with Crippen molar-refractivity contribution >= 4 is 11.9 Å². The fraction of sp³-hybridized carbons (Fsp3) is 0.533. The Morgan fingerprint density at radius 1 is 1.03 bits per heavy atom. The summed E-state index contributed by atoms with van der Waals surface area (Å²) >= 11 is 0. The number of nitrogens with zero attached hydrogens (tertiary/aromatic N) is 3. The predicted molar refractivity (Wildman–Crippen MR) is 148 cm³/mol. The number of nitrogens with one attached hydrogen (secondary N) is 1. The fourth-order valence-corrected chi connectivity index (χ4v) is 5.75. The molecule has 1 unspecified atom stereocenters. The van der Waals surface area contributed by atoms with Crippen molar-refractivity contribution in [2.24, 2.45) is 0 Å². The van der Waals surface area contributed by atoms with Gasteiger partial charge in [-0.2, -0.15) is 0 Å². The van der Waals surface area contributed by atoms with Crippen molar-refractivity contribution in [3.05, 3.63) is 65.2 Å². The second kappa shape index (κ2) is 12.7. The first-order chi connectivity index (χ1) is 18.3. The van der Waals surface area contributed by atoms with E-state index in [-0.39, 0.29) is 35.8 Å². The highest BCUT2D eigenvalue weighted by atomic mass is 16.5. The molecule has 2 fully saturated rings. The van der Waals surface area contributed by atoms with Crippen molar-refractivity contribution in [1.29, 1.82) is 0 Å². The van der Waals surface area contributed by atoms with Gasteiger partial charge in [0.05, 0.1) is 12.6 Å².